The summed E-state index contributed by atoms with van der Waals surface area (Å²) in [6.07, 6.45) is 1.52. The Bertz CT molecular complexity index is 644. The number of carbonyl (C=O) groups is 1. The molecule has 0 unspecified atom stereocenters. The minimum atomic E-state index is -0.243. The Morgan fingerprint density at radius 3 is 2.81 bits per heavy atom. The predicted octanol–water partition coefficient (Wildman–Crippen LogP) is 2.21. The van der Waals surface area contributed by atoms with Crippen molar-refractivity contribution in [2.24, 2.45) is 0 Å². The van der Waals surface area contributed by atoms with E-state index < -0.39 is 0 Å². The van der Waals surface area contributed by atoms with Gasteiger partial charge in [0.25, 0.3) is 5.91 Å². The molecule has 0 saturated carbocycles. The highest BCUT2D eigenvalue weighted by Gasteiger charge is 2.10. The van der Waals surface area contributed by atoms with Crippen LogP contribution in [0.5, 0.6) is 17.2 Å². The van der Waals surface area contributed by atoms with E-state index in [1.54, 1.807) is 30.3 Å². The van der Waals surface area contributed by atoms with Crippen molar-refractivity contribution >= 4 is 11.6 Å². The van der Waals surface area contributed by atoms with Crippen molar-refractivity contribution in [1.82, 2.24) is 10.3 Å². The second-order valence-corrected chi connectivity index (χ2v) is 4.25. The molecular formula is C15H17N3O3. The lowest BCUT2D eigenvalue weighted by molar-refractivity contribution is 0.0950. The van der Waals surface area contributed by atoms with E-state index in [-0.39, 0.29) is 5.91 Å². The van der Waals surface area contributed by atoms with Crippen molar-refractivity contribution in [3.05, 3.63) is 42.2 Å². The normalized spacial score (nSPS) is 10.0. The summed E-state index contributed by atoms with van der Waals surface area (Å²) in [5.41, 5.74) is 6.57. The summed E-state index contributed by atoms with van der Waals surface area (Å²) in [5, 5.41) is 2.68. The summed E-state index contributed by atoms with van der Waals surface area (Å²) in [6.45, 7) is 2.38. The number of hydrogen-bond donors (Lipinski definition) is 2. The quantitative estimate of drug-likeness (QED) is 0.823. The van der Waals surface area contributed by atoms with Crippen LogP contribution < -0.4 is 20.5 Å². The number of benzene rings is 1. The number of nitrogens with zero attached hydrogens (tertiary/aromatic N) is 1. The number of nitrogen functional groups attached to an aromatic ring is 1. The van der Waals surface area contributed by atoms with E-state index in [9.17, 15) is 4.79 Å². The van der Waals surface area contributed by atoms with Crippen LogP contribution in [0.4, 0.5) is 5.69 Å². The number of nitrogens with two attached hydrogens (primary N) is 1. The first-order chi connectivity index (χ1) is 10.1. The van der Waals surface area contributed by atoms with Crippen LogP contribution >= 0.6 is 0 Å². The molecule has 1 aromatic carbocycles. The molecule has 3 N–H and O–H groups in total. The maximum absolute atomic E-state index is 11.7. The highest BCUT2D eigenvalue weighted by atomic mass is 16.5. The van der Waals surface area contributed by atoms with Crippen molar-refractivity contribution in [2.75, 3.05) is 19.4 Å². The number of methoxy groups -OCH3 is 1. The molecule has 0 saturated heterocycles. The van der Waals surface area contributed by atoms with E-state index in [0.717, 1.165) is 0 Å². The summed E-state index contributed by atoms with van der Waals surface area (Å²) in [7, 11) is 1.54. The number of ether oxygens (including phenoxy) is 2. The van der Waals surface area contributed by atoms with Crippen LogP contribution in [-0.2, 0) is 0 Å². The van der Waals surface area contributed by atoms with Gasteiger partial charge >= 0.3 is 0 Å². The Morgan fingerprint density at radius 1 is 1.29 bits per heavy atom. The van der Waals surface area contributed by atoms with Gasteiger partial charge in [-0.3, -0.25) is 9.78 Å². The van der Waals surface area contributed by atoms with Crippen molar-refractivity contribution in [3.8, 4) is 17.2 Å². The number of carbonyl (C=O) groups excluding carboxylic acids is 1. The van der Waals surface area contributed by atoms with Gasteiger partial charge in [-0.05, 0) is 25.1 Å². The summed E-state index contributed by atoms with van der Waals surface area (Å²) in [6, 6.07) is 8.32. The van der Waals surface area contributed by atoms with Gasteiger partial charge in [-0.1, -0.05) is 0 Å². The van der Waals surface area contributed by atoms with E-state index in [0.29, 0.717) is 35.2 Å². The summed E-state index contributed by atoms with van der Waals surface area (Å²) in [5.74, 6) is 1.28. The lowest BCUT2D eigenvalue weighted by atomic mass is 10.2. The zero-order chi connectivity index (χ0) is 15.2. The molecule has 0 fully saturated rings. The first kappa shape index (κ1) is 14.6. The Labute approximate surface area is 122 Å². The molecule has 0 radical (unpaired) electrons. The molecule has 1 aromatic heterocycles. The summed E-state index contributed by atoms with van der Waals surface area (Å²) in [4.78, 5) is 15.8. The Balaban J connectivity index is 2.24. The number of amides is 1. The first-order valence-corrected chi connectivity index (χ1v) is 6.49. The van der Waals surface area contributed by atoms with E-state index in [4.69, 9.17) is 15.2 Å². The fourth-order valence-corrected chi connectivity index (χ4v) is 1.75. The fourth-order valence-electron chi connectivity index (χ4n) is 1.75. The van der Waals surface area contributed by atoms with Crippen LogP contribution in [0.15, 0.2) is 36.5 Å². The zero-order valence-corrected chi connectivity index (χ0v) is 11.9. The lowest BCUT2D eigenvalue weighted by Gasteiger charge is -2.11. The number of nitrogens with one attached hydrogen (secondary N) is 1. The molecule has 0 aliphatic heterocycles. The second kappa shape index (κ2) is 6.60. The number of hydrogen-bond acceptors (Lipinski definition) is 5. The third-order valence-corrected chi connectivity index (χ3v) is 2.72. The highest BCUT2D eigenvalue weighted by Crippen LogP contribution is 2.32. The average Bonchev–Trinajstić information content (AvgIpc) is 2.49. The summed E-state index contributed by atoms with van der Waals surface area (Å²) < 4.78 is 10.9. The molecule has 0 aliphatic rings. The van der Waals surface area contributed by atoms with E-state index in [1.807, 2.05) is 6.92 Å². The van der Waals surface area contributed by atoms with Crippen LogP contribution in [0, 0.1) is 0 Å². The Kier molecular flexibility index (Phi) is 4.61. The third kappa shape index (κ3) is 3.62. The van der Waals surface area contributed by atoms with Gasteiger partial charge in [0, 0.05) is 30.6 Å². The molecule has 1 heterocycles. The van der Waals surface area contributed by atoms with Gasteiger partial charge in [-0.2, -0.15) is 0 Å². The van der Waals surface area contributed by atoms with Crippen LogP contribution in [0.2, 0.25) is 0 Å². The standard InChI is InChI=1S/C15H17N3O3/c1-3-17-15(19)12-9-11(6-7-18-12)21-13-5-4-10(16)8-14(13)20-2/h4-9H,3,16H2,1-2H3,(H,17,19). The van der Waals surface area contributed by atoms with Gasteiger partial charge in [-0.25, -0.2) is 0 Å². The monoisotopic (exact) mass is 287 g/mol. The smallest absolute Gasteiger partial charge is 0.270 e. The van der Waals surface area contributed by atoms with Crippen molar-refractivity contribution in [2.45, 2.75) is 6.92 Å². The van der Waals surface area contributed by atoms with Crippen LogP contribution in [0.25, 0.3) is 0 Å². The van der Waals surface area contributed by atoms with Gasteiger partial charge < -0.3 is 20.5 Å². The SMILES string of the molecule is CCNC(=O)c1cc(Oc2ccc(N)cc2OC)ccn1. The predicted molar refractivity (Wildman–Crippen MR) is 79.7 cm³/mol. The van der Waals surface area contributed by atoms with Crippen LogP contribution in [0.1, 0.15) is 17.4 Å². The topological polar surface area (TPSA) is 86.5 Å². The maximum Gasteiger partial charge on any atom is 0.270 e. The summed E-state index contributed by atoms with van der Waals surface area (Å²) >= 11 is 0. The molecule has 2 aromatic rings. The van der Waals surface area contributed by atoms with Crippen molar-refractivity contribution < 1.29 is 14.3 Å². The number of rotatable bonds is 5. The van der Waals surface area contributed by atoms with Crippen LogP contribution in [-0.4, -0.2) is 24.5 Å². The van der Waals surface area contributed by atoms with Gasteiger partial charge in [-0.15, -0.1) is 0 Å². The van der Waals surface area contributed by atoms with Gasteiger partial charge in [0.1, 0.15) is 11.4 Å². The highest BCUT2D eigenvalue weighted by molar-refractivity contribution is 5.92. The molecule has 110 valence electrons. The average molecular weight is 287 g/mol. The molecule has 21 heavy (non-hydrogen) atoms. The minimum Gasteiger partial charge on any atom is -0.493 e. The molecular weight excluding hydrogens is 270 g/mol. The zero-order valence-electron chi connectivity index (χ0n) is 11.9. The maximum atomic E-state index is 11.7. The number of aromatic nitrogens is 1. The first-order valence-electron chi connectivity index (χ1n) is 6.49. The molecule has 0 bridgehead atoms. The minimum absolute atomic E-state index is 0.243. The van der Waals surface area contributed by atoms with E-state index >= 15 is 0 Å². The molecule has 0 aliphatic carbocycles. The molecule has 0 spiro atoms. The Morgan fingerprint density at radius 2 is 2.10 bits per heavy atom. The molecule has 1 amide bonds. The molecule has 2 rings (SSSR count). The van der Waals surface area contributed by atoms with Crippen LogP contribution in [0.3, 0.4) is 0 Å². The molecule has 6 heteroatoms. The number of anilines is 1. The lowest BCUT2D eigenvalue weighted by Crippen LogP contribution is -2.23. The second-order valence-electron chi connectivity index (χ2n) is 4.25. The van der Waals surface area contributed by atoms with Gasteiger partial charge in [0.15, 0.2) is 11.5 Å². The number of pyridine rings is 1. The van der Waals surface area contributed by atoms with Crippen molar-refractivity contribution in [1.29, 1.82) is 0 Å². The largest absolute Gasteiger partial charge is 0.493 e. The van der Waals surface area contributed by atoms with Crippen molar-refractivity contribution in [3.63, 3.8) is 0 Å². The van der Waals surface area contributed by atoms with E-state index in [2.05, 4.69) is 10.3 Å². The third-order valence-electron chi connectivity index (χ3n) is 2.72. The van der Waals surface area contributed by atoms with Gasteiger partial charge in [0.05, 0.1) is 7.11 Å². The van der Waals surface area contributed by atoms with Gasteiger partial charge in [0.2, 0.25) is 0 Å². The molecule has 0 atom stereocenters. The Hall–Kier alpha value is -2.76. The molecule has 6 nitrogen and oxygen atoms in total. The van der Waals surface area contributed by atoms with E-state index in [1.165, 1.54) is 13.3 Å². The fraction of sp³-hybridized carbons (Fsp3) is 0.200.